The minimum absolute atomic E-state index is 0.128. The van der Waals surface area contributed by atoms with Gasteiger partial charge in [-0.3, -0.25) is 4.79 Å². The second-order valence-electron chi connectivity index (χ2n) is 10.9. The van der Waals surface area contributed by atoms with E-state index in [4.69, 9.17) is 14.7 Å². The standard InChI is InChI=1S/C30H39N7O2/c1-4-28(38)37-17-16-35(21-24(37)13-14-31)29-25-12-11-23(36-15-7-9-22-8-5-6-10-27(22)36)20-26(25)32-30(33-29)39-19-18-34(2)3/h4-6,8,10,23-24H,1,7,9,11-13,15-21H2,2-3H3/t23-,24+/m1/s1. The molecule has 1 aliphatic carbocycles. The molecule has 3 heterocycles. The maximum Gasteiger partial charge on any atom is 0.318 e. The molecule has 3 aliphatic rings. The van der Waals surface area contributed by atoms with Gasteiger partial charge < -0.3 is 24.3 Å². The molecule has 1 aromatic carbocycles. The van der Waals surface area contributed by atoms with E-state index in [9.17, 15) is 10.1 Å². The van der Waals surface area contributed by atoms with Gasteiger partial charge in [-0.25, -0.2) is 0 Å². The zero-order chi connectivity index (χ0) is 27.4. The lowest BCUT2D eigenvalue weighted by molar-refractivity contribution is -0.128. The molecule has 1 aromatic heterocycles. The number of nitrogens with zero attached hydrogens (tertiary/aromatic N) is 7. The van der Waals surface area contributed by atoms with E-state index < -0.39 is 0 Å². The average molecular weight is 530 g/mol. The molecule has 9 nitrogen and oxygen atoms in total. The number of amides is 1. The van der Waals surface area contributed by atoms with Crippen molar-refractivity contribution in [3.8, 4) is 12.1 Å². The summed E-state index contributed by atoms with van der Waals surface area (Å²) in [7, 11) is 4.03. The summed E-state index contributed by atoms with van der Waals surface area (Å²) >= 11 is 0. The number of aryl methyl sites for hydroxylation is 1. The van der Waals surface area contributed by atoms with Crippen LogP contribution in [0.1, 0.15) is 36.1 Å². The van der Waals surface area contributed by atoms with Crippen molar-refractivity contribution in [2.75, 3.05) is 63.2 Å². The Morgan fingerprint density at radius 3 is 2.87 bits per heavy atom. The van der Waals surface area contributed by atoms with Gasteiger partial charge >= 0.3 is 6.01 Å². The molecule has 0 radical (unpaired) electrons. The highest BCUT2D eigenvalue weighted by Gasteiger charge is 2.35. The topological polar surface area (TPSA) is 88.8 Å². The van der Waals surface area contributed by atoms with Gasteiger partial charge in [0.2, 0.25) is 5.91 Å². The second-order valence-corrected chi connectivity index (χ2v) is 10.9. The van der Waals surface area contributed by atoms with Crippen molar-refractivity contribution >= 4 is 17.4 Å². The first-order chi connectivity index (χ1) is 19.0. The maximum atomic E-state index is 12.5. The number of ether oxygens (including phenoxy) is 1. The fourth-order valence-corrected chi connectivity index (χ4v) is 6.14. The van der Waals surface area contributed by atoms with Gasteiger partial charge in [0.15, 0.2) is 0 Å². The Kier molecular flexibility index (Phi) is 8.32. The highest BCUT2D eigenvalue weighted by Crippen LogP contribution is 2.36. The molecule has 1 fully saturated rings. The van der Waals surface area contributed by atoms with Crippen molar-refractivity contribution in [2.24, 2.45) is 0 Å². The van der Waals surface area contributed by atoms with E-state index in [0.29, 0.717) is 38.3 Å². The molecule has 2 aromatic rings. The molecule has 0 N–H and O–H groups in total. The van der Waals surface area contributed by atoms with Crippen LogP contribution in [-0.4, -0.2) is 91.2 Å². The number of aromatic nitrogens is 2. The SMILES string of the molecule is C=CC(=O)N1CCN(c2nc(OCCN(C)C)nc3c2CC[C@@H](N2CCCc4ccccc42)C3)C[C@@H]1CC#N. The highest BCUT2D eigenvalue weighted by atomic mass is 16.5. The molecule has 39 heavy (non-hydrogen) atoms. The number of nitriles is 1. The van der Waals surface area contributed by atoms with E-state index >= 15 is 0 Å². The van der Waals surface area contributed by atoms with Crippen molar-refractivity contribution in [2.45, 2.75) is 50.6 Å². The predicted molar refractivity (Wildman–Crippen MR) is 152 cm³/mol. The van der Waals surface area contributed by atoms with Crippen molar-refractivity contribution in [1.29, 1.82) is 5.26 Å². The zero-order valence-electron chi connectivity index (χ0n) is 23.2. The van der Waals surface area contributed by atoms with Crippen LogP contribution >= 0.6 is 0 Å². The molecule has 5 rings (SSSR count). The summed E-state index contributed by atoms with van der Waals surface area (Å²) in [6.45, 7) is 7.71. The average Bonchev–Trinajstić information content (AvgIpc) is 2.95. The van der Waals surface area contributed by atoms with Crippen LogP contribution in [0.2, 0.25) is 0 Å². The van der Waals surface area contributed by atoms with E-state index in [1.54, 1.807) is 4.90 Å². The number of likely N-dealkylation sites (N-methyl/N-ethyl adjacent to an activating group) is 1. The molecule has 0 bridgehead atoms. The van der Waals surface area contributed by atoms with E-state index in [-0.39, 0.29) is 18.4 Å². The third kappa shape index (κ3) is 5.86. The Morgan fingerprint density at radius 1 is 1.23 bits per heavy atom. The number of carbonyl (C=O) groups is 1. The summed E-state index contributed by atoms with van der Waals surface area (Å²) in [6.07, 6.45) is 6.68. The molecule has 0 saturated carbocycles. The lowest BCUT2D eigenvalue weighted by Crippen LogP contribution is -2.55. The van der Waals surface area contributed by atoms with Gasteiger partial charge in [0, 0.05) is 56.4 Å². The summed E-state index contributed by atoms with van der Waals surface area (Å²) in [5.41, 5.74) is 5.02. The van der Waals surface area contributed by atoms with Crippen LogP contribution in [0.25, 0.3) is 0 Å². The minimum Gasteiger partial charge on any atom is -0.462 e. The van der Waals surface area contributed by atoms with Gasteiger partial charge in [-0.05, 0) is 57.5 Å². The van der Waals surface area contributed by atoms with Crippen molar-refractivity contribution < 1.29 is 9.53 Å². The van der Waals surface area contributed by atoms with Crippen LogP contribution in [-0.2, 0) is 24.1 Å². The smallest absolute Gasteiger partial charge is 0.318 e. The summed E-state index contributed by atoms with van der Waals surface area (Å²) in [5.74, 6) is 0.767. The quantitative estimate of drug-likeness (QED) is 0.483. The van der Waals surface area contributed by atoms with Crippen molar-refractivity contribution in [3.63, 3.8) is 0 Å². The Hall–Kier alpha value is -3.64. The fraction of sp³-hybridized carbons (Fsp3) is 0.533. The first kappa shape index (κ1) is 26.9. The van der Waals surface area contributed by atoms with Crippen LogP contribution in [0.3, 0.4) is 0 Å². The van der Waals surface area contributed by atoms with Gasteiger partial charge in [0.25, 0.3) is 0 Å². The minimum atomic E-state index is -0.209. The molecule has 0 unspecified atom stereocenters. The van der Waals surface area contributed by atoms with Crippen molar-refractivity contribution in [3.05, 3.63) is 53.7 Å². The van der Waals surface area contributed by atoms with Gasteiger partial charge in [0.1, 0.15) is 12.4 Å². The number of hydrogen-bond acceptors (Lipinski definition) is 8. The lowest BCUT2D eigenvalue weighted by atomic mass is 9.88. The van der Waals surface area contributed by atoms with Crippen LogP contribution in [0.4, 0.5) is 11.5 Å². The fourth-order valence-electron chi connectivity index (χ4n) is 6.14. The number of anilines is 2. The van der Waals surface area contributed by atoms with E-state index in [2.05, 4.69) is 51.6 Å². The van der Waals surface area contributed by atoms with Crippen LogP contribution < -0.4 is 14.5 Å². The number of hydrogen-bond donors (Lipinski definition) is 0. The largest absolute Gasteiger partial charge is 0.462 e. The van der Waals surface area contributed by atoms with Crippen LogP contribution in [0, 0.1) is 11.3 Å². The number of benzene rings is 1. The Balaban J connectivity index is 1.44. The van der Waals surface area contributed by atoms with Gasteiger partial charge in [-0.2, -0.15) is 15.2 Å². The zero-order valence-corrected chi connectivity index (χ0v) is 23.2. The van der Waals surface area contributed by atoms with E-state index in [1.165, 1.54) is 29.3 Å². The monoisotopic (exact) mass is 529 g/mol. The van der Waals surface area contributed by atoms with Gasteiger partial charge in [0.05, 0.1) is 24.2 Å². The van der Waals surface area contributed by atoms with Gasteiger partial charge in [-0.15, -0.1) is 0 Å². The molecule has 0 spiro atoms. The molecule has 2 atom stereocenters. The number of carbonyl (C=O) groups excluding carboxylic acids is 1. The maximum absolute atomic E-state index is 12.5. The lowest BCUT2D eigenvalue weighted by Gasteiger charge is -2.43. The Bertz CT molecular complexity index is 1240. The highest BCUT2D eigenvalue weighted by molar-refractivity contribution is 5.87. The molecule has 1 amide bonds. The third-order valence-electron chi connectivity index (χ3n) is 8.13. The van der Waals surface area contributed by atoms with Crippen LogP contribution in [0.5, 0.6) is 6.01 Å². The number of piperazine rings is 1. The first-order valence-corrected chi connectivity index (χ1v) is 14.0. The third-order valence-corrected chi connectivity index (χ3v) is 8.13. The normalized spacial score (nSPS) is 20.7. The molecule has 206 valence electrons. The Morgan fingerprint density at radius 2 is 2.08 bits per heavy atom. The van der Waals surface area contributed by atoms with Crippen molar-refractivity contribution in [1.82, 2.24) is 19.8 Å². The summed E-state index contributed by atoms with van der Waals surface area (Å²) in [5, 5.41) is 9.46. The molecule has 9 heteroatoms. The molecule has 2 aliphatic heterocycles. The summed E-state index contributed by atoms with van der Waals surface area (Å²) < 4.78 is 6.07. The first-order valence-electron chi connectivity index (χ1n) is 14.0. The molecular formula is C30H39N7O2. The predicted octanol–water partition coefficient (Wildman–Crippen LogP) is 2.84. The summed E-state index contributed by atoms with van der Waals surface area (Å²) in [4.78, 5) is 31.0. The van der Waals surface area contributed by atoms with E-state index in [0.717, 1.165) is 50.3 Å². The number of fused-ring (bicyclic) bond motifs is 2. The molecule has 1 saturated heterocycles. The Labute approximate surface area is 231 Å². The number of rotatable bonds is 8. The summed E-state index contributed by atoms with van der Waals surface area (Å²) in [6, 6.07) is 11.6. The molecular weight excluding hydrogens is 490 g/mol. The van der Waals surface area contributed by atoms with Gasteiger partial charge in [-0.1, -0.05) is 24.8 Å². The number of para-hydroxylation sites is 1. The second kappa shape index (κ2) is 12.0. The van der Waals surface area contributed by atoms with Crippen LogP contribution in [0.15, 0.2) is 36.9 Å². The van der Waals surface area contributed by atoms with E-state index in [1.807, 2.05) is 14.1 Å².